The molecule has 5 heteroatoms. The van der Waals surface area contributed by atoms with Crippen LogP contribution in [0.1, 0.15) is 45.2 Å². The Labute approximate surface area is 182 Å². The third-order valence-corrected chi connectivity index (χ3v) is 5.16. The molecule has 2 aliphatic carbocycles. The van der Waals surface area contributed by atoms with Gasteiger partial charge in [0.25, 0.3) is 0 Å². The topological polar surface area (TPSA) is 61.8 Å². The molecule has 0 fully saturated rings. The quantitative estimate of drug-likeness (QED) is 0.212. The first kappa shape index (κ1) is 22.1. The number of methoxy groups -OCH3 is 3. The van der Waals surface area contributed by atoms with Gasteiger partial charge in [-0.3, -0.25) is 4.79 Å². The van der Waals surface area contributed by atoms with Crippen LogP contribution in [0.3, 0.4) is 0 Å². The Morgan fingerprint density at radius 3 is 2.23 bits per heavy atom. The first-order valence-electron chi connectivity index (χ1n) is 10.1. The number of ether oxygens (including phenoxy) is 3. The van der Waals surface area contributed by atoms with Crippen molar-refractivity contribution in [3.8, 4) is 16.9 Å². The third-order valence-electron chi connectivity index (χ3n) is 5.16. The molecule has 0 saturated heterocycles. The highest BCUT2D eigenvalue weighted by Crippen LogP contribution is 2.39. The molecule has 160 valence electrons. The van der Waals surface area contributed by atoms with Gasteiger partial charge in [-0.25, -0.2) is 4.79 Å². The fourth-order valence-corrected chi connectivity index (χ4v) is 3.65. The van der Waals surface area contributed by atoms with Crippen molar-refractivity contribution in [3.05, 3.63) is 82.9 Å². The van der Waals surface area contributed by atoms with E-state index in [0.29, 0.717) is 28.2 Å². The van der Waals surface area contributed by atoms with Crippen molar-refractivity contribution in [2.45, 2.75) is 19.8 Å². The summed E-state index contributed by atoms with van der Waals surface area (Å²) in [6, 6.07) is 16.4. The zero-order valence-corrected chi connectivity index (χ0v) is 18.2. The second-order valence-electron chi connectivity index (χ2n) is 7.05. The molecule has 0 amide bonds. The fourth-order valence-electron chi connectivity index (χ4n) is 3.65. The molecule has 0 saturated carbocycles. The maximum Gasteiger partial charge on any atom is 0.338 e. The van der Waals surface area contributed by atoms with Gasteiger partial charge in [0.2, 0.25) is 0 Å². The maximum atomic E-state index is 12.9. The van der Waals surface area contributed by atoms with E-state index in [1.165, 1.54) is 20.3 Å². The van der Waals surface area contributed by atoms with Gasteiger partial charge in [-0.2, -0.15) is 0 Å². The number of carbonyl (C=O) groups excluding carboxylic acids is 2. The third kappa shape index (κ3) is 4.61. The van der Waals surface area contributed by atoms with E-state index < -0.39 is 5.97 Å². The molecule has 0 spiro atoms. The number of allylic oxidation sites excluding steroid dienone is 1. The van der Waals surface area contributed by atoms with Crippen molar-refractivity contribution in [1.82, 2.24) is 0 Å². The molecule has 5 nitrogen and oxygen atoms in total. The highest BCUT2D eigenvalue weighted by atomic mass is 16.5. The van der Waals surface area contributed by atoms with Crippen LogP contribution in [0.2, 0.25) is 0 Å². The van der Waals surface area contributed by atoms with E-state index in [4.69, 9.17) is 14.2 Å². The van der Waals surface area contributed by atoms with Crippen LogP contribution in [0.15, 0.2) is 60.7 Å². The van der Waals surface area contributed by atoms with Gasteiger partial charge in [0, 0.05) is 22.8 Å². The first-order valence-corrected chi connectivity index (χ1v) is 10.1. The second kappa shape index (κ2) is 9.94. The van der Waals surface area contributed by atoms with E-state index in [9.17, 15) is 9.59 Å². The van der Waals surface area contributed by atoms with E-state index in [1.807, 2.05) is 30.3 Å². The van der Waals surface area contributed by atoms with Crippen LogP contribution in [0.4, 0.5) is 0 Å². The number of carbonyl (C=O) groups is 2. The summed E-state index contributed by atoms with van der Waals surface area (Å²) in [4.78, 5) is 25.4. The van der Waals surface area contributed by atoms with E-state index in [-0.39, 0.29) is 5.78 Å². The summed E-state index contributed by atoms with van der Waals surface area (Å²) >= 11 is 0. The lowest BCUT2D eigenvalue weighted by atomic mass is 9.98. The predicted molar refractivity (Wildman–Crippen MR) is 121 cm³/mol. The SMILES string of the molecule is CCCc1cc(C(=O)OC)c2c(/C(=C/C(=O)c3ccc(OC)cc3)OC)ccccc1-2. The van der Waals surface area contributed by atoms with Gasteiger partial charge in [0.05, 0.1) is 26.9 Å². The molecule has 0 heterocycles. The van der Waals surface area contributed by atoms with Crippen molar-refractivity contribution >= 4 is 17.5 Å². The molecule has 0 N–H and O–H groups in total. The molecule has 2 aliphatic rings. The molecule has 0 unspecified atom stereocenters. The molecule has 0 aromatic heterocycles. The van der Waals surface area contributed by atoms with Crippen LogP contribution < -0.4 is 4.74 Å². The van der Waals surface area contributed by atoms with E-state index in [2.05, 4.69) is 6.92 Å². The van der Waals surface area contributed by atoms with E-state index in [0.717, 1.165) is 29.5 Å². The Bertz CT molecular complexity index is 1080. The monoisotopic (exact) mass is 418 g/mol. The molecule has 0 aliphatic heterocycles. The molecule has 1 aromatic carbocycles. The summed E-state index contributed by atoms with van der Waals surface area (Å²) in [7, 11) is 4.45. The normalized spacial score (nSPS) is 11.3. The largest absolute Gasteiger partial charge is 0.497 e. The molecule has 3 rings (SSSR count). The Morgan fingerprint density at radius 2 is 1.61 bits per heavy atom. The Hall–Kier alpha value is -3.60. The van der Waals surface area contributed by atoms with Gasteiger partial charge in [0.1, 0.15) is 11.5 Å². The number of esters is 1. The van der Waals surface area contributed by atoms with Crippen molar-refractivity contribution in [2.75, 3.05) is 21.3 Å². The van der Waals surface area contributed by atoms with Crippen LogP contribution in [0, 0.1) is 0 Å². The molecular weight excluding hydrogens is 392 g/mol. The summed E-state index contributed by atoms with van der Waals surface area (Å²) < 4.78 is 15.8. The summed E-state index contributed by atoms with van der Waals surface area (Å²) in [5, 5.41) is 0. The molecule has 0 radical (unpaired) electrons. The van der Waals surface area contributed by atoms with Crippen molar-refractivity contribution in [3.63, 3.8) is 0 Å². The van der Waals surface area contributed by atoms with Gasteiger partial charge >= 0.3 is 5.97 Å². The van der Waals surface area contributed by atoms with Crippen LogP contribution in [-0.2, 0) is 15.9 Å². The highest BCUT2D eigenvalue weighted by Gasteiger charge is 2.25. The first-order chi connectivity index (χ1) is 15.0. The zero-order chi connectivity index (χ0) is 22.4. The second-order valence-corrected chi connectivity index (χ2v) is 7.05. The van der Waals surface area contributed by atoms with E-state index in [1.54, 1.807) is 31.4 Å². The van der Waals surface area contributed by atoms with Crippen LogP contribution >= 0.6 is 0 Å². The predicted octanol–water partition coefficient (Wildman–Crippen LogP) is 5.41. The number of rotatable bonds is 8. The highest BCUT2D eigenvalue weighted by molar-refractivity contribution is 6.10. The lowest BCUT2D eigenvalue weighted by molar-refractivity contribution is 0.0602. The molecule has 31 heavy (non-hydrogen) atoms. The van der Waals surface area contributed by atoms with E-state index >= 15 is 0 Å². The lowest BCUT2D eigenvalue weighted by Gasteiger charge is -2.11. The summed E-state index contributed by atoms with van der Waals surface area (Å²) in [6.07, 6.45) is 3.22. The van der Waals surface area contributed by atoms with Gasteiger partial charge in [-0.1, -0.05) is 37.6 Å². The average Bonchev–Trinajstić information content (AvgIpc) is 3.00. The number of ketones is 1. The fraction of sp³-hybridized carbons (Fsp3) is 0.231. The number of benzene rings is 1. The number of hydrogen-bond donors (Lipinski definition) is 0. The minimum atomic E-state index is -0.420. The number of fused-ring (bicyclic) bond motifs is 1. The lowest BCUT2D eigenvalue weighted by Crippen LogP contribution is -2.03. The standard InChI is InChI=1S/C26H26O5/c1-5-8-18-15-22(26(28)31-4)25-20(18)9-6-7-10-21(25)24(30-3)16-23(27)17-11-13-19(29-2)14-12-17/h6-7,9-16H,5,8H2,1-4H3/b24-16-. The Kier molecular flexibility index (Phi) is 7.08. The average molecular weight is 418 g/mol. The summed E-state index contributed by atoms with van der Waals surface area (Å²) in [5.74, 6) is 0.420. The minimum absolute atomic E-state index is 0.209. The minimum Gasteiger partial charge on any atom is -0.497 e. The molecule has 0 atom stereocenters. The Morgan fingerprint density at radius 1 is 0.903 bits per heavy atom. The van der Waals surface area contributed by atoms with Gasteiger partial charge in [0.15, 0.2) is 5.78 Å². The van der Waals surface area contributed by atoms with Gasteiger partial charge in [-0.05, 0) is 47.9 Å². The summed E-state index contributed by atoms with van der Waals surface area (Å²) in [6.45, 7) is 2.09. The number of aryl methyl sites for hydroxylation is 1. The van der Waals surface area contributed by atoms with Crippen LogP contribution in [0.25, 0.3) is 16.9 Å². The smallest absolute Gasteiger partial charge is 0.338 e. The zero-order valence-electron chi connectivity index (χ0n) is 18.2. The maximum absolute atomic E-state index is 12.9. The Balaban J connectivity index is 2.15. The van der Waals surface area contributed by atoms with Crippen LogP contribution in [0.5, 0.6) is 5.75 Å². The molecule has 1 aromatic rings. The van der Waals surface area contributed by atoms with Crippen molar-refractivity contribution < 1.29 is 23.8 Å². The van der Waals surface area contributed by atoms with Gasteiger partial charge < -0.3 is 14.2 Å². The summed E-state index contributed by atoms with van der Waals surface area (Å²) in [5.41, 5.74) is 4.36. The number of hydrogen-bond acceptors (Lipinski definition) is 5. The molecular formula is C26H26O5. The van der Waals surface area contributed by atoms with Crippen molar-refractivity contribution in [1.29, 1.82) is 0 Å². The molecule has 0 bridgehead atoms. The van der Waals surface area contributed by atoms with Crippen molar-refractivity contribution in [2.24, 2.45) is 0 Å². The van der Waals surface area contributed by atoms with Gasteiger partial charge in [-0.15, -0.1) is 0 Å². The van der Waals surface area contributed by atoms with Crippen LogP contribution in [-0.4, -0.2) is 33.1 Å².